The number of anilines is 1. The van der Waals surface area contributed by atoms with E-state index in [4.69, 9.17) is 4.42 Å². The number of nitrogens with zero attached hydrogens (tertiary/aromatic N) is 3. The first-order valence-corrected chi connectivity index (χ1v) is 7.38. The van der Waals surface area contributed by atoms with Gasteiger partial charge in [-0.05, 0) is 37.6 Å². The fourth-order valence-electron chi connectivity index (χ4n) is 2.26. The van der Waals surface area contributed by atoms with Crippen LogP contribution in [0.4, 0.5) is 5.82 Å². The summed E-state index contributed by atoms with van der Waals surface area (Å²) in [5.41, 5.74) is 1.81. The van der Waals surface area contributed by atoms with Gasteiger partial charge in [-0.3, -0.25) is 9.78 Å². The van der Waals surface area contributed by atoms with Crippen LogP contribution in [0.1, 0.15) is 22.8 Å². The molecule has 0 saturated heterocycles. The third-order valence-corrected chi connectivity index (χ3v) is 3.42. The number of carbonyl (C=O) groups is 1. The molecular weight excluding hydrogens is 292 g/mol. The van der Waals surface area contributed by atoms with Crippen molar-refractivity contribution in [3.8, 4) is 0 Å². The van der Waals surface area contributed by atoms with Gasteiger partial charge in [0.15, 0.2) is 0 Å². The summed E-state index contributed by atoms with van der Waals surface area (Å²) in [6.07, 6.45) is 3.65. The Morgan fingerprint density at radius 2 is 2.09 bits per heavy atom. The summed E-state index contributed by atoms with van der Waals surface area (Å²) >= 11 is 0. The number of aromatic nitrogens is 3. The number of carbonyl (C=O) groups excluding carboxylic acids is 1. The highest BCUT2D eigenvalue weighted by molar-refractivity contribution is 5.91. The van der Waals surface area contributed by atoms with Crippen LogP contribution >= 0.6 is 0 Å². The number of hydrogen-bond donors (Lipinski definition) is 1. The molecule has 0 aromatic carbocycles. The molecular formula is C17H18N4O2. The Hall–Kier alpha value is -2.89. The molecule has 0 radical (unpaired) electrons. The molecule has 1 amide bonds. The van der Waals surface area contributed by atoms with Gasteiger partial charge in [0, 0.05) is 18.0 Å². The van der Waals surface area contributed by atoms with Crippen LogP contribution in [0.15, 0.2) is 47.1 Å². The lowest BCUT2D eigenvalue weighted by atomic mass is 10.2. The molecule has 0 saturated carbocycles. The highest BCUT2D eigenvalue weighted by Gasteiger charge is 2.10. The van der Waals surface area contributed by atoms with Crippen molar-refractivity contribution in [2.45, 2.75) is 26.8 Å². The Morgan fingerprint density at radius 1 is 1.22 bits per heavy atom. The Bertz CT molecular complexity index is 802. The number of rotatable bonds is 5. The predicted molar refractivity (Wildman–Crippen MR) is 86.1 cm³/mol. The lowest BCUT2D eigenvalue weighted by Crippen LogP contribution is -2.18. The topological polar surface area (TPSA) is 73.0 Å². The quantitative estimate of drug-likeness (QED) is 0.786. The molecule has 3 aromatic rings. The predicted octanol–water partition coefficient (Wildman–Crippen LogP) is 2.72. The maximum Gasteiger partial charge on any atom is 0.229 e. The van der Waals surface area contributed by atoms with Crippen molar-refractivity contribution >= 4 is 11.7 Å². The van der Waals surface area contributed by atoms with Gasteiger partial charge in [0.25, 0.3) is 0 Å². The summed E-state index contributed by atoms with van der Waals surface area (Å²) in [7, 11) is 0. The normalized spacial score (nSPS) is 10.7. The standard InChI is InChI=1S/C17H18N4O2/c1-12-3-5-14(10-18-12)9-17(22)20-16-7-8-19-21(16)11-15-6-4-13(2)23-15/h3-8,10H,9,11H2,1-2H3,(H,20,22). The summed E-state index contributed by atoms with van der Waals surface area (Å²) in [5.74, 6) is 2.19. The second-order valence-electron chi connectivity index (χ2n) is 5.42. The Balaban J connectivity index is 1.65. The number of furan rings is 1. The Kier molecular flexibility index (Phi) is 4.23. The van der Waals surface area contributed by atoms with Gasteiger partial charge in [-0.1, -0.05) is 6.07 Å². The summed E-state index contributed by atoms with van der Waals surface area (Å²) < 4.78 is 7.24. The lowest BCUT2D eigenvalue weighted by Gasteiger charge is -2.08. The third kappa shape index (κ3) is 3.85. The summed E-state index contributed by atoms with van der Waals surface area (Å²) in [6, 6.07) is 9.38. The summed E-state index contributed by atoms with van der Waals surface area (Å²) in [4.78, 5) is 16.4. The van der Waals surface area contributed by atoms with E-state index >= 15 is 0 Å². The molecule has 3 aromatic heterocycles. The lowest BCUT2D eigenvalue weighted by molar-refractivity contribution is -0.115. The van der Waals surface area contributed by atoms with E-state index in [9.17, 15) is 4.79 Å². The van der Waals surface area contributed by atoms with Gasteiger partial charge in [-0.25, -0.2) is 4.68 Å². The molecule has 0 aliphatic heterocycles. The molecule has 23 heavy (non-hydrogen) atoms. The van der Waals surface area contributed by atoms with Gasteiger partial charge < -0.3 is 9.73 Å². The van der Waals surface area contributed by atoms with E-state index in [-0.39, 0.29) is 12.3 Å². The van der Waals surface area contributed by atoms with Crippen LogP contribution in [0.2, 0.25) is 0 Å². The average Bonchev–Trinajstić information content (AvgIpc) is 3.11. The van der Waals surface area contributed by atoms with E-state index in [1.165, 1.54) is 0 Å². The largest absolute Gasteiger partial charge is 0.464 e. The van der Waals surface area contributed by atoms with Crippen molar-refractivity contribution in [3.05, 3.63) is 65.5 Å². The summed E-state index contributed by atoms with van der Waals surface area (Å²) in [6.45, 7) is 4.28. The number of aryl methyl sites for hydroxylation is 2. The monoisotopic (exact) mass is 310 g/mol. The number of nitrogens with one attached hydrogen (secondary N) is 1. The van der Waals surface area contributed by atoms with E-state index in [0.717, 1.165) is 22.8 Å². The van der Waals surface area contributed by atoms with Gasteiger partial charge in [0.1, 0.15) is 23.9 Å². The molecule has 3 rings (SSSR count). The fourth-order valence-corrected chi connectivity index (χ4v) is 2.26. The van der Waals surface area contributed by atoms with E-state index in [1.54, 1.807) is 23.1 Å². The first-order chi connectivity index (χ1) is 11.1. The van der Waals surface area contributed by atoms with E-state index in [1.807, 2.05) is 38.1 Å². The van der Waals surface area contributed by atoms with Gasteiger partial charge in [0.2, 0.25) is 5.91 Å². The van der Waals surface area contributed by atoms with Crippen LogP contribution in [0.5, 0.6) is 0 Å². The van der Waals surface area contributed by atoms with Crippen LogP contribution in [-0.4, -0.2) is 20.7 Å². The van der Waals surface area contributed by atoms with Crippen molar-refractivity contribution in [1.29, 1.82) is 0 Å². The molecule has 0 fully saturated rings. The third-order valence-electron chi connectivity index (χ3n) is 3.42. The smallest absolute Gasteiger partial charge is 0.229 e. The average molecular weight is 310 g/mol. The second kappa shape index (κ2) is 6.48. The Labute approximate surface area is 134 Å². The molecule has 0 spiro atoms. The molecule has 0 atom stereocenters. The highest BCUT2D eigenvalue weighted by atomic mass is 16.3. The van der Waals surface area contributed by atoms with Crippen molar-refractivity contribution in [1.82, 2.24) is 14.8 Å². The van der Waals surface area contributed by atoms with Gasteiger partial charge in [0.05, 0.1) is 12.6 Å². The SMILES string of the molecule is Cc1ccc(CC(=O)Nc2ccnn2Cc2ccc(C)o2)cn1. The first-order valence-electron chi connectivity index (χ1n) is 7.38. The van der Waals surface area contributed by atoms with Crippen LogP contribution < -0.4 is 5.32 Å². The zero-order chi connectivity index (χ0) is 16.2. The summed E-state index contributed by atoms with van der Waals surface area (Å²) in [5, 5.41) is 7.09. The van der Waals surface area contributed by atoms with E-state index in [2.05, 4.69) is 15.4 Å². The van der Waals surface area contributed by atoms with Crippen LogP contribution in [0.25, 0.3) is 0 Å². The van der Waals surface area contributed by atoms with Crippen LogP contribution in [-0.2, 0) is 17.8 Å². The minimum Gasteiger partial charge on any atom is -0.464 e. The molecule has 0 aliphatic carbocycles. The van der Waals surface area contributed by atoms with E-state index < -0.39 is 0 Å². The van der Waals surface area contributed by atoms with Crippen molar-refractivity contribution in [3.63, 3.8) is 0 Å². The minimum atomic E-state index is -0.104. The first kappa shape index (κ1) is 15.0. The van der Waals surface area contributed by atoms with Crippen molar-refractivity contribution in [2.75, 3.05) is 5.32 Å². The molecule has 1 N–H and O–H groups in total. The molecule has 6 nitrogen and oxygen atoms in total. The maximum absolute atomic E-state index is 12.2. The van der Waals surface area contributed by atoms with E-state index in [0.29, 0.717) is 12.4 Å². The van der Waals surface area contributed by atoms with Gasteiger partial charge in [-0.2, -0.15) is 5.10 Å². The van der Waals surface area contributed by atoms with Crippen LogP contribution in [0, 0.1) is 13.8 Å². The second-order valence-corrected chi connectivity index (χ2v) is 5.42. The van der Waals surface area contributed by atoms with Gasteiger partial charge in [-0.15, -0.1) is 0 Å². The fraction of sp³-hybridized carbons (Fsp3) is 0.235. The van der Waals surface area contributed by atoms with Crippen molar-refractivity contribution in [2.24, 2.45) is 0 Å². The molecule has 0 aliphatic rings. The molecule has 118 valence electrons. The molecule has 0 bridgehead atoms. The zero-order valence-electron chi connectivity index (χ0n) is 13.1. The minimum absolute atomic E-state index is 0.104. The molecule has 6 heteroatoms. The number of pyridine rings is 1. The number of amides is 1. The highest BCUT2D eigenvalue weighted by Crippen LogP contribution is 2.13. The zero-order valence-corrected chi connectivity index (χ0v) is 13.1. The van der Waals surface area contributed by atoms with Gasteiger partial charge >= 0.3 is 0 Å². The molecule has 0 unspecified atom stereocenters. The number of hydrogen-bond acceptors (Lipinski definition) is 4. The maximum atomic E-state index is 12.2. The molecule has 3 heterocycles. The van der Waals surface area contributed by atoms with Crippen molar-refractivity contribution < 1.29 is 9.21 Å². The van der Waals surface area contributed by atoms with Crippen LogP contribution in [0.3, 0.4) is 0 Å². The Morgan fingerprint density at radius 3 is 2.78 bits per heavy atom.